The Morgan fingerprint density at radius 1 is 1.44 bits per heavy atom. The summed E-state index contributed by atoms with van der Waals surface area (Å²) in [4.78, 5) is 0. The van der Waals surface area contributed by atoms with Gasteiger partial charge in [-0.05, 0) is 19.9 Å². The fourth-order valence-electron chi connectivity index (χ4n) is 2.27. The Morgan fingerprint density at radius 2 is 2.12 bits per heavy atom. The molecular formula is C10H16F2N4. The molecule has 0 amide bonds. The first-order chi connectivity index (χ1) is 7.74. The van der Waals surface area contributed by atoms with Crippen molar-refractivity contribution in [2.75, 3.05) is 7.05 Å². The van der Waals surface area contributed by atoms with Crippen molar-refractivity contribution in [2.24, 2.45) is 0 Å². The van der Waals surface area contributed by atoms with Gasteiger partial charge in [-0.15, -0.1) is 5.10 Å². The van der Waals surface area contributed by atoms with E-state index in [0.29, 0.717) is 12.2 Å². The van der Waals surface area contributed by atoms with Gasteiger partial charge in [-0.1, -0.05) is 18.1 Å². The Morgan fingerprint density at radius 3 is 2.69 bits per heavy atom. The van der Waals surface area contributed by atoms with Crippen LogP contribution in [-0.4, -0.2) is 22.0 Å². The Kier molecular flexibility index (Phi) is 3.48. The molecule has 0 radical (unpaired) electrons. The van der Waals surface area contributed by atoms with Gasteiger partial charge in [-0.2, -0.15) is 0 Å². The molecule has 0 saturated heterocycles. The summed E-state index contributed by atoms with van der Waals surface area (Å²) in [5.74, 6) is 0. The second-order valence-electron chi connectivity index (χ2n) is 4.14. The molecule has 1 heterocycles. The number of nitrogens with zero attached hydrogens (tertiary/aromatic N) is 3. The van der Waals surface area contributed by atoms with Crippen molar-refractivity contribution in [3.05, 3.63) is 11.4 Å². The quantitative estimate of drug-likeness (QED) is 0.860. The molecule has 4 nitrogen and oxygen atoms in total. The van der Waals surface area contributed by atoms with Crippen LogP contribution in [-0.2, 0) is 6.54 Å². The first-order valence-corrected chi connectivity index (χ1v) is 5.60. The third-order valence-corrected chi connectivity index (χ3v) is 3.03. The van der Waals surface area contributed by atoms with Crippen LogP contribution in [0.2, 0.25) is 0 Å². The number of hydrogen-bond acceptors (Lipinski definition) is 3. The summed E-state index contributed by atoms with van der Waals surface area (Å²) in [5.41, 5.74) is 0.352. The third kappa shape index (κ3) is 2.07. The number of aromatic nitrogens is 3. The molecule has 1 saturated carbocycles. The molecule has 1 aromatic rings. The van der Waals surface area contributed by atoms with Crippen molar-refractivity contribution in [3.8, 4) is 0 Å². The largest absolute Gasteiger partial charge is 0.314 e. The van der Waals surface area contributed by atoms with Gasteiger partial charge in [0.2, 0.25) is 0 Å². The summed E-state index contributed by atoms with van der Waals surface area (Å²) >= 11 is 0. The van der Waals surface area contributed by atoms with Crippen LogP contribution in [0.3, 0.4) is 0 Å². The lowest BCUT2D eigenvalue weighted by molar-refractivity contribution is 0.134. The zero-order chi connectivity index (χ0) is 11.5. The molecule has 1 N–H and O–H groups in total. The minimum absolute atomic E-state index is 0.0127. The number of hydrogen-bond donors (Lipinski definition) is 1. The van der Waals surface area contributed by atoms with E-state index in [1.165, 1.54) is 4.68 Å². The minimum atomic E-state index is -2.50. The van der Waals surface area contributed by atoms with Gasteiger partial charge in [0.25, 0.3) is 6.43 Å². The van der Waals surface area contributed by atoms with Gasteiger partial charge in [0.1, 0.15) is 11.4 Å². The van der Waals surface area contributed by atoms with Crippen LogP contribution in [0.4, 0.5) is 8.78 Å². The second-order valence-corrected chi connectivity index (χ2v) is 4.14. The smallest absolute Gasteiger partial charge is 0.281 e. The van der Waals surface area contributed by atoms with Crippen molar-refractivity contribution in [3.63, 3.8) is 0 Å². The molecule has 1 fully saturated rings. The fraction of sp³-hybridized carbons (Fsp3) is 0.800. The lowest BCUT2D eigenvalue weighted by Gasteiger charge is -2.13. The average Bonchev–Trinajstić information content (AvgIpc) is 2.83. The molecule has 2 rings (SSSR count). The molecule has 0 bridgehead atoms. The number of alkyl halides is 2. The highest BCUT2D eigenvalue weighted by molar-refractivity contribution is 5.12. The lowest BCUT2D eigenvalue weighted by Crippen LogP contribution is -2.13. The van der Waals surface area contributed by atoms with Crippen molar-refractivity contribution >= 4 is 0 Å². The molecule has 0 spiro atoms. The maximum atomic E-state index is 13.0. The molecule has 1 aliphatic rings. The average molecular weight is 230 g/mol. The van der Waals surface area contributed by atoms with Gasteiger partial charge in [0.15, 0.2) is 0 Å². The van der Waals surface area contributed by atoms with Gasteiger partial charge < -0.3 is 5.32 Å². The molecule has 0 aliphatic heterocycles. The van der Waals surface area contributed by atoms with E-state index in [1.807, 2.05) is 0 Å². The monoisotopic (exact) mass is 230 g/mol. The first-order valence-electron chi connectivity index (χ1n) is 5.60. The van der Waals surface area contributed by atoms with Crippen molar-refractivity contribution < 1.29 is 8.78 Å². The molecular weight excluding hydrogens is 214 g/mol. The maximum Gasteiger partial charge on any atom is 0.281 e. The van der Waals surface area contributed by atoms with E-state index in [4.69, 9.17) is 0 Å². The van der Waals surface area contributed by atoms with Gasteiger partial charge in [0, 0.05) is 6.54 Å². The van der Waals surface area contributed by atoms with Crippen LogP contribution >= 0.6 is 0 Å². The Balaban J connectivity index is 2.29. The molecule has 90 valence electrons. The fourth-order valence-corrected chi connectivity index (χ4v) is 2.27. The molecule has 0 atom stereocenters. The highest BCUT2D eigenvalue weighted by Gasteiger charge is 2.27. The van der Waals surface area contributed by atoms with Crippen LogP contribution in [0.1, 0.15) is 49.5 Å². The summed E-state index contributed by atoms with van der Waals surface area (Å²) < 4.78 is 27.4. The Hall–Kier alpha value is -1.04. The van der Waals surface area contributed by atoms with Crippen LogP contribution in [0, 0.1) is 0 Å². The van der Waals surface area contributed by atoms with Gasteiger partial charge >= 0.3 is 0 Å². The highest BCUT2D eigenvalue weighted by Crippen LogP contribution is 2.33. The molecule has 0 aromatic carbocycles. The first kappa shape index (κ1) is 11.4. The Bertz CT molecular complexity index is 345. The second kappa shape index (κ2) is 4.86. The van der Waals surface area contributed by atoms with E-state index in [-0.39, 0.29) is 11.7 Å². The summed E-state index contributed by atoms with van der Waals surface area (Å²) in [6.45, 7) is 0.340. The number of halogens is 2. The van der Waals surface area contributed by atoms with Crippen molar-refractivity contribution in [1.82, 2.24) is 20.3 Å². The molecule has 16 heavy (non-hydrogen) atoms. The maximum absolute atomic E-state index is 13.0. The third-order valence-electron chi connectivity index (χ3n) is 3.03. The van der Waals surface area contributed by atoms with E-state index >= 15 is 0 Å². The van der Waals surface area contributed by atoms with Crippen molar-refractivity contribution in [1.29, 1.82) is 0 Å². The predicted molar refractivity (Wildman–Crippen MR) is 55.2 cm³/mol. The highest BCUT2D eigenvalue weighted by atomic mass is 19.3. The topological polar surface area (TPSA) is 42.7 Å². The molecule has 0 unspecified atom stereocenters. The summed E-state index contributed by atoms with van der Waals surface area (Å²) in [7, 11) is 1.71. The number of nitrogens with one attached hydrogen (secondary N) is 1. The van der Waals surface area contributed by atoms with E-state index < -0.39 is 6.43 Å². The van der Waals surface area contributed by atoms with E-state index in [1.54, 1.807) is 7.05 Å². The summed E-state index contributed by atoms with van der Waals surface area (Å²) in [6, 6.07) is 0.113. The standard InChI is InChI=1S/C10H16F2N4/c1-13-6-8-9(10(11)12)16(15-14-8)7-4-2-3-5-7/h7,10,13H,2-6H2,1H3. The predicted octanol–water partition coefficient (Wildman–Crippen LogP) is 2.05. The van der Waals surface area contributed by atoms with Crippen LogP contribution in [0.5, 0.6) is 0 Å². The summed E-state index contributed by atoms with van der Waals surface area (Å²) in [5, 5.41) is 10.6. The number of rotatable bonds is 4. The van der Waals surface area contributed by atoms with Gasteiger partial charge in [-0.3, -0.25) is 0 Å². The van der Waals surface area contributed by atoms with Crippen LogP contribution in [0.25, 0.3) is 0 Å². The lowest BCUT2D eigenvalue weighted by atomic mass is 10.2. The summed E-state index contributed by atoms with van der Waals surface area (Å²) in [6.07, 6.45) is 1.55. The Labute approximate surface area is 93.0 Å². The zero-order valence-electron chi connectivity index (χ0n) is 9.29. The van der Waals surface area contributed by atoms with E-state index in [0.717, 1.165) is 25.7 Å². The van der Waals surface area contributed by atoms with Gasteiger partial charge in [0.05, 0.1) is 6.04 Å². The van der Waals surface area contributed by atoms with Crippen LogP contribution < -0.4 is 5.32 Å². The van der Waals surface area contributed by atoms with Gasteiger partial charge in [-0.25, -0.2) is 13.5 Å². The normalized spacial score (nSPS) is 17.5. The van der Waals surface area contributed by atoms with E-state index in [2.05, 4.69) is 15.6 Å². The molecule has 1 aromatic heterocycles. The SMILES string of the molecule is CNCc1nnn(C2CCCC2)c1C(F)F. The minimum Gasteiger partial charge on any atom is -0.314 e. The molecule has 1 aliphatic carbocycles. The zero-order valence-corrected chi connectivity index (χ0v) is 9.29. The van der Waals surface area contributed by atoms with Crippen LogP contribution in [0.15, 0.2) is 0 Å². The van der Waals surface area contributed by atoms with Crippen molar-refractivity contribution in [2.45, 2.75) is 44.7 Å². The molecule has 6 heteroatoms. The van der Waals surface area contributed by atoms with E-state index in [9.17, 15) is 8.78 Å².